The van der Waals surface area contributed by atoms with Gasteiger partial charge in [0.05, 0.1) is 15.4 Å². The molecule has 21 heavy (non-hydrogen) atoms. The molecule has 0 aliphatic carbocycles. The molecule has 0 bridgehead atoms. The smallest absolute Gasteiger partial charge is 0.272 e. The fourth-order valence-electron chi connectivity index (χ4n) is 2.74. The van der Waals surface area contributed by atoms with E-state index in [-0.39, 0.29) is 10.7 Å². The summed E-state index contributed by atoms with van der Waals surface area (Å²) in [6.07, 6.45) is 3.66. The lowest BCUT2D eigenvalue weighted by Crippen LogP contribution is -2.50. The van der Waals surface area contributed by atoms with Crippen LogP contribution in [-0.2, 0) is 6.54 Å². The van der Waals surface area contributed by atoms with Gasteiger partial charge in [-0.05, 0) is 39.0 Å². The number of amides is 1. The van der Waals surface area contributed by atoms with E-state index in [2.05, 4.69) is 5.10 Å². The van der Waals surface area contributed by atoms with Gasteiger partial charge in [0.2, 0.25) is 0 Å². The Bertz CT molecular complexity index is 547. The topological polar surface area (TPSA) is 64.2 Å². The number of piperidine rings is 1. The second kappa shape index (κ2) is 6.36. The molecule has 1 amide bonds. The Morgan fingerprint density at radius 1 is 1.52 bits per heavy atom. The highest BCUT2D eigenvalue weighted by molar-refractivity contribution is 8.02. The first kappa shape index (κ1) is 16.3. The van der Waals surface area contributed by atoms with Crippen molar-refractivity contribution in [3.63, 3.8) is 0 Å². The van der Waals surface area contributed by atoms with Gasteiger partial charge in [0, 0.05) is 19.6 Å². The van der Waals surface area contributed by atoms with Crippen molar-refractivity contribution in [2.75, 3.05) is 19.3 Å². The monoisotopic (exact) mass is 326 g/mol. The second-order valence-electron chi connectivity index (χ2n) is 5.34. The number of carbonyl (C=O) groups excluding carboxylic acids is 1. The number of carbonyl (C=O) groups is 1. The number of aryl methyl sites for hydroxylation is 2. The summed E-state index contributed by atoms with van der Waals surface area (Å²) in [4.78, 5) is 15.1. The van der Waals surface area contributed by atoms with E-state index in [0.717, 1.165) is 18.5 Å². The Morgan fingerprint density at radius 3 is 2.62 bits per heavy atom. The van der Waals surface area contributed by atoms with Gasteiger partial charge < -0.3 is 10.6 Å². The van der Waals surface area contributed by atoms with E-state index in [4.69, 9.17) is 18.0 Å². The van der Waals surface area contributed by atoms with E-state index in [9.17, 15) is 4.79 Å². The Hall–Kier alpha value is -1.08. The van der Waals surface area contributed by atoms with Gasteiger partial charge >= 0.3 is 0 Å². The van der Waals surface area contributed by atoms with Crippen molar-refractivity contribution in [3.8, 4) is 0 Å². The summed E-state index contributed by atoms with van der Waals surface area (Å²) in [5, 5.41) is 4.34. The summed E-state index contributed by atoms with van der Waals surface area (Å²) >= 11 is 6.91. The molecule has 1 aromatic heterocycles. The van der Waals surface area contributed by atoms with E-state index in [0.29, 0.717) is 30.3 Å². The number of nitrogens with two attached hydrogens (primary N) is 1. The molecule has 116 valence electrons. The molecule has 1 saturated heterocycles. The Balaban J connectivity index is 2.11. The highest BCUT2D eigenvalue weighted by atomic mass is 32.2. The average Bonchev–Trinajstić information content (AvgIpc) is 2.87. The minimum atomic E-state index is -0.160. The van der Waals surface area contributed by atoms with Crippen molar-refractivity contribution in [1.29, 1.82) is 0 Å². The van der Waals surface area contributed by atoms with Gasteiger partial charge in [-0.1, -0.05) is 12.2 Å². The first-order chi connectivity index (χ1) is 9.93. The Labute approximate surface area is 135 Å². The Morgan fingerprint density at radius 2 is 2.14 bits per heavy atom. The summed E-state index contributed by atoms with van der Waals surface area (Å²) < 4.78 is 1.61. The molecule has 0 saturated carbocycles. The van der Waals surface area contributed by atoms with Crippen molar-refractivity contribution in [2.45, 2.75) is 38.0 Å². The molecular weight excluding hydrogens is 304 g/mol. The maximum absolute atomic E-state index is 12.7. The maximum Gasteiger partial charge on any atom is 0.272 e. The predicted molar refractivity (Wildman–Crippen MR) is 90.8 cm³/mol. The van der Waals surface area contributed by atoms with Crippen LogP contribution >= 0.6 is 24.0 Å². The van der Waals surface area contributed by atoms with Crippen LogP contribution < -0.4 is 5.73 Å². The van der Waals surface area contributed by atoms with Crippen LogP contribution in [0.4, 0.5) is 0 Å². The molecule has 1 aliphatic rings. The third-order valence-electron chi connectivity index (χ3n) is 4.12. The van der Waals surface area contributed by atoms with E-state index < -0.39 is 0 Å². The molecular formula is C14H22N4OS2. The molecule has 0 atom stereocenters. The fraction of sp³-hybridized carbons (Fsp3) is 0.643. The van der Waals surface area contributed by atoms with E-state index in [1.54, 1.807) is 16.4 Å². The van der Waals surface area contributed by atoms with E-state index >= 15 is 0 Å². The van der Waals surface area contributed by atoms with Crippen LogP contribution in [0.25, 0.3) is 0 Å². The van der Waals surface area contributed by atoms with Crippen molar-refractivity contribution in [2.24, 2.45) is 5.73 Å². The molecule has 2 heterocycles. The number of aromatic nitrogens is 2. The third-order valence-corrected chi connectivity index (χ3v) is 6.05. The molecule has 1 aromatic rings. The van der Waals surface area contributed by atoms with Crippen LogP contribution in [0.15, 0.2) is 6.07 Å². The molecule has 0 spiro atoms. The van der Waals surface area contributed by atoms with Crippen molar-refractivity contribution >= 4 is 34.9 Å². The van der Waals surface area contributed by atoms with E-state index in [1.807, 2.05) is 31.1 Å². The standard InChI is InChI=1S/C14H22N4OS2/c1-4-18-11(9-10(2)16-18)12(19)17-7-5-14(21-3,6-8-17)13(15)20/h9H,4-8H2,1-3H3,(H2,15,20). The number of hydrogen-bond acceptors (Lipinski definition) is 4. The van der Waals surface area contributed by atoms with Crippen LogP contribution in [0.1, 0.15) is 35.9 Å². The van der Waals surface area contributed by atoms with Crippen molar-refractivity contribution in [1.82, 2.24) is 14.7 Å². The van der Waals surface area contributed by atoms with Gasteiger partial charge in [0.25, 0.3) is 5.91 Å². The van der Waals surface area contributed by atoms with Crippen LogP contribution in [0, 0.1) is 6.92 Å². The van der Waals surface area contributed by atoms with Gasteiger partial charge in [-0.2, -0.15) is 16.9 Å². The first-order valence-electron chi connectivity index (χ1n) is 7.12. The number of hydrogen-bond donors (Lipinski definition) is 1. The van der Waals surface area contributed by atoms with Crippen LogP contribution in [0.5, 0.6) is 0 Å². The molecule has 7 heteroatoms. The zero-order chi connectivity index (χ0) is 15.6. The number of rotatable bonds is 4. The molecule has 0 aromatic carbocycles. The molecule has 1 aliphatic heterocycles. The lowest BCUT2D eigenvalue weighted by molar-refractivity contribution is 0.0706. The summed E-state index contributed by atoms with van der Waals surface area (Å²) in [5.74, 6) is 0.0510. The Kier molecular flexibility index (Phi) is 4.93. The van der Waals surface area contributed by atoms with Gasteiger partial charge in [-0.25, -0.2) is 0 Å². The minimum absolute atomic E-state index is 0.0510. The summed E-state index contributed by atoms with van der Waals surface area (Å²) in [6, 6.07) is 1.86. The van der Waals surface area contributed by atoms with Gasteiger partial charge in [-0.3, -0.25) is 9.48 Å². The van der Waals surface area contributed by atoms with Crippen molar-refractivity contribution < 1.29 is 4.79 Å². The van der Waals surface area contributed by atoms with Gasteiger partial charge in [-0.15, -0.1) is 0 Å². The SMILES string of the molecule is CCn1nc(C)cc1C(=O)N1CCC(SC)(C(N)=S)CC1. The van der Waals surface area contributed by atoms with Crippen molar-refractivity contribution in [3.05, 3.63) is 17.5 Å². The molecule has 2 N–H and O–H groups in total. The average molecular weight is 326 g/mol. The zero-order valence-corrected chi connectivity index (χ0v) is 14.4. The van der Waals surface area contributed by atoms with Crippen LogP contribution in [0.3, 0.4) is 0 Å². The number of thiocarbonyl (C=S) groups is 1. The predicted octanol–water partition coefficient (Wildman–Crippen LogP) is 1.84. The minimum Gasteiger partial charge on any atom is -0.392 e. The molecule has 0 unspecified atom stereocenters. The summed E-state index contributed by atoms with van der Waals surface area (Å²) in [5.41, 5.74) is 7.43. The van der Waals surface area contributed by atoms with Gasteiger partial charge in [0.15, 0.2) is 0 Å². The molecule has 2 rings (SSSR count). The highest BCUT2D eigenvalue weighted by Crippen LogP contribution is 2.35. The molecule has 5 nitrogen and oxygen atoms in total. The molecule has 0 radical (unpaired) electrons. The number of thioether (sulfide) groups is 1. The lowest BCUT2D eigenvalue weighted by atomic mass is 9.95. The zero-order valence-electron chi connectivity index (χ0n) is 12.8. The fourth-order valence-corrected chi connectivity index (χ4v) is 3.99. The second-order valence-corrected chi connectivity index (χ2v) is 6.97. The largest absolute Gasteiger partial charge is 0.392 e. The quantitative estimate of drug-likeness (QED) is 0.855. The highest BCUT2D eigenvalue weighted by Gasteiger charge is 2.38. The normalized spacial score (nSPS) is 17.8. The lowest BCUT2D eigenvalue weighted by Gasteiger charge is -2.40. The third kappa shape index (κ3) is 3.08. The van der Waals surface area contributed by atoms with Crippen LogP contribution in [0.2, 0.25) is 0 Å². The number of likely N-dealkylation sites (tertiary alicyclic amines) is 1. The summed E-state index contributed by atoms with van der Waals surface area (Å²) in [6.45, 7) is 5.97. The van der Waals surface area contributed by atoms with E-state index in [1.165, 1.54) is 0 Å². The van der Waals surface area contributed by atoms with Gasteiger partial charge in [0.1, 0.15) is 5.69 Å². The number of nitrogens with zero attached hydrogens (tertiary/aromatic N) is 3. The first-order valence-corrected chi connectivity index (χ1v) is 8.75. The molecule has 1 fully saturated rings. The summed E-state index contributed by atoms with van der Waals surface area (Å²) in [7, 11) is 0. The van der Waals surface area contributed by atoms with Crippen LogP contribution in [-0.4, -0.2) is 49.7 Å². The maximum atomic E-state index is 12.7.